The fraction of sp³-hybridized carbons (Fsp3) is 0.500. The Morgan fingerprint density at radius 1 is 1.45 bits per heavy atom. The summed E-state index contributed by atoms with van der Waals surface area (Å²) in [5.41, 5.74) is -0.167. The quantitative estimate of drug-likeness (QED) is 0.624. The molecule has 2 rings (SSSR count). The van der Waals surface area contributed by atoms with Crippen LogP contribution in [0.1, 0.15) is 36.2 Å². The summed E-state index contributed by atoms with van der Waals surface area (Å²) >= 11 is 0. The van der Waals surface area contributed by atoms with Crippen molar-refractivity contribution in [1.82, 2.24) is 9.88 Å². The minimum atomic E-state index is -1.09. The number of aromatic nitrogens is 1. The highest BCUT2D eigenvalue weighted by Crippen LogP contribution is 2.25. The van der Waals surface area contributed by atoms with Crippen molar-refractivity contribution in [2.24, 2.45) is 0 Å². The largest absolute Gasteiger partial charge is 0.480 e. The number of nitrogens with one attached hydrogen (secondary N) is 1. The van der Waals surface area contributed by atoms with Gasteiger partial charge in [0.25, 0.3) is 11.6 Å². The van der Waals surface area contributed by atoms with E-state index in [0.29, 0.717) is 0 Å². The van der Waals surface area contributed by atoms with E-state index in [2.05, 4.69) is 4.98 Å². The van der Waals surface area contributed by atoms with E-state index in [1.54, 1.807) is 0 Å². The van der Waals surface area contributed by atoms with Crippen LogP contribution in [-0.2, 0) is 4.79 Å². The summed E-state index contributed by atoms with van der Waals surface area (Å²) in [5, 5.41) is 19.5. The summed E-state index contributed by atoms with van der Waals surface area (Å²) in [6.45, 7) is -0.393. The third-order valence-electron chi connectivity index (χ3n) is 3.44. The van der Waals surface area contributed by atoms with Crippen molar-refractivity contribution in [1.29, 1.82) is 0 Å². The van der Waals surface area contributed by atoms with E-state index in [-0.39, 0.29) is 17.4 Å². The first-order valence-corrected chi connectivity index (χ1v) is 6.34. The molecule has 1 saturated carbocycles. The fourth-order valence-corrected chi connectivity index (χ4v) is 2.49. The predicted molar refractivity (Wildman–Crippen MR) is 68.4 cm³/mol. The first-order valence-electron chi connectivity index (χ1n) is 6.34. The smallest absolute Gasteiger partial charge is 0.323 e. The average molecular weight is 281 g/mol. The number of aliphatic carboxylic acids is 1. The number of H-pyrrole nitrogens is 1. The summed E-state index contributed by atoms with van der Waals surface area (Å²) < 4.78 is 0. The van der Waals surface area contributed by atoms with Crippen molar-refractivity contribution in [3.05, 3.63) is 28.1 Å². The average Bonchev–Trinajstić information content (AvgIpc) is 3.05. The van der Waals surface area contributed by atoms with Gasteiger partial charge >= 0.3 is 5.97 Å². The van der Waals surface area contributed by atoms with Crippen LogP contribution < -0.4 is 0 Å². The van der Waals surface area contributed by atoms with Gasteiger partial charge in [-0.15, -0.1) is 0 Å². The second-order valence-electron chi connectivity index (χ2n) is 4.79. The van der Waals surface area contributed by atoms with E-state index < -0.39 is 23.3 Å². The van der Waals surface area contributed by atoms with Crippen LogP contribution in [0.25, 0.3) is 0 Å². The number of hydrogen-bond donors (Lipinski definition) is 2. The molecule has 1 aromatic heterocycles. The molecule has 1 aliphatic carbocycles. The summed E-state index contributed by atoms with van der Waals surface area (Å²) in [5.74, 6) is -1.60. The van der Waals surface area contributed by atoms with Gasteiger partial charge in [0.2, 0.25) is 0 Å². The Morgan fingerprint density at radius 2 is 2.10 bits per heavy atom. The van der Waals surface area contributed by atoms with Crippen LogP contribution in [0.5, 0.6) is 0 Å². The monoisotopic (exact) mass is 281 g/mol. The second-order valence-corrected chi connectivity index (χ2v) is 4.79. The molecular formula is C12H15N3O5. The van der Waals surface area contributed by atoms with E-state index in [4.69, 9.17) is 5.11 Å². The van der Waals surface area contributed by atoms with Crippen molar-refractivity contribution in [3.8, 4) is 0 Å². The molecule has 0 unspecified atom stereocenters. The van der Waals surface area contributed by atoms with Gasteiger partial charge in [-0.1, -0.05) is 12.8 Å². The lowest BCUT2D eigenvalue weighted by molar-refractivity contribution is -0.384. The number of nitro groups is 1. The lowest BCUT2D eigenvalue weighted by atomic mass is 10.2. The SMILES string of the molecule is O=C(O)CN(C(=O)c1cc([N+](=O)[O-])c[nH]1)C1CCCC1. The highest BCUT2D eigenvalue weighted by atomic mass is 16.6. The van der Waals surface area contributed by atoms with Crippen molar-refractivity contribution >= 4 is 17.6 Å². The minimum Gasteiger partial charge on any atom is -0.480 e. The van der Waals surface area contributed by atoms with Gasteiger partial charge in [0.1, 0.15) is 12.2 Å². The molecule has 20 heavy (non-hydrogen) atoms. The van der Waals surface area contributed by atoms with Gasteiger partial charge in [-0.25, -0.2) is 0 Å². The van der Waals surface area contributed by atoms with Crippen LogP contribution in [0.4, 0.5) is 5.69 Å². The standard InChI is InChI=1S/C12H15N3O5/c16-11(17)7-14(8-3-1-2-4-8)12(18)10-5-9(6-13-10)15(19)20/h5-6,8,13H,1-4,7H2,(H,16,17). The Kier molecular flexibility index (Phi) is 4.02. The topological polar surface area (TPSA) is 117 Å². The van der Waals surface area contributed by atoms with E-state index in [1.807, 2.05) is 0 Å². The Balaban J connectivity index is 2.19. The molecule has 1 fully saturated rings. The Labute approximate surface area is 114 Å². The van der Waals surface area contributed by atoms with Crippen molar-refractivity contribution < 1.29 is 19.6 Å². The minimum absolute atomic E-state index is 0.0462. The summed E-state index contributed by atoms with van der Waals surface area (Å²) in [7, 11) is 0. The molecule has 0 spiro atoms. The second kappa shape index (κ2) is 5.72. The van der Waals surface area contributed by atoms with E-state index in [9.17, 15) is 19.7 Å². The number of carbonyl (C=O) groups is 2. The van der Waals surface area contributed by atoms with Gasteiger partial charge in [-0.3, -0.25) is 19.7 Å². The molecule has 0 bridgehead atoms. The number of hydrogen-bond acceptors (Lipinski definition) is 4. The van der Waals surface area contributed by atoms with Crippen molar-refractivity contribution in [3.63, 3.8) is 0 Å². The molecular weight excluding hydrogens is 266 g/mol. The molecule has 1 amide bonds. The van der Waals surface area contributed by atoms with Crippen LogP contribution in [0.15, 0.2) is 12.3 Å². The zero-order chi connectivity index (χ0) is 14.7. The summed E-state index contributed by atoms with van der Waals surface area (Å²) in [6, 6.07) is 1.02. The molecule has 0 aliphatic heterocycles. The molecule has 0 saturated heterocycles. The molecule has 2 N–H and O–H groups in total. The molecule has 108 valence electrons. The Morgan fingerprint density at radius 3 is 2.60 bits per heavy atom. The molecule has 1 aromatic rings. The maximum atomic E-state index is 12.3. The van der Waals surface area contributed by atoms with Crippen LogP contribution in [0.3, 0.4) is 0 Å². The number of aromatic amines is 1. The maximum absolute atomic E-state index is 12.3. The lowest BCUT2D eigenvalue weighted by Gasteiger charge is -2.26. The van der Waals surface area contributed by atoms with E-state index in [1.165, 1.54) is 4.90 Å². The highest BCUT2D eigenvalue weighted by Gasteiger charge is 2.30. The number of carboxylic acids is 1. The molecule has 0 aromatic carbocycles. The zero-order valence-electron chi connectivity index (χ0n) is 10.7. The first kappa shape index (κ1) is 14.0. The van der Waals surface area contributed by atoms with Crippen LogP contribution >= 0.6 is 0 Å². The normalized spacial score (nSPS) is 15.2. The van der Waals surface area contributed by atoms with Gasteiger partial charge in [0, 0.05) is 12.1 Å². The number of rotatable bonds is 5. The molecule has 8 heteroatoms. The van der Waals surface area contributed by atoms with E-state index in [0.717, 1.165) is 37.9 Å². The van der Waals surface area contributed by atoms with Gasteiger partial charge in [0.05, 0.1) is 11.1 Å². The number of amides is 1. The molecule has 0 radical (unpaired) electrons. The fourth-order valence-electron chi connectivity index (χ4n) is 2.49. The maximum Gasteiger partial charge on any atom is 0.323 e. The molecule has 0 atom stereocenters. The van der Waals surface area contributed by atoms with Crippen LogP contribution in [0.2, 0.25) is 0 Å². The molecule has 1 aliphatic rings. The zero-order valence-corrected chi connectivity index (χ0v) is 10.7. The van der Waals surface area contributed by atoms with Gasteiger partial charge in [-0.05, 0) is 12.8 Å². The van der Waals surface area contributed by atoms with E-state index >= 15 is 0 Å². The van der Waals surface area contributed by atoms with Gasteiger partial charge < -0.3 is 15.0 Å². The Bertz CT molecular complexity index is 533. The van der Waals surface area contributed by atoms with Crippen molar-refractivity contribution in [2.75, 3.05) is 6.54 Å². The molecule has 1 heterocycles. The first-order chi connectivity index (χ1) is 9.49. The van der Waals surface area contributed by atoms with Gasteiger partial charge in [0.15, 0.2) is 0 Å². The summed E-state index contributed by atoms with van der Waals surface area (Å²) in [6.07, 6.45) is 4.57. The number of carboxylic acid groups (broad SMARTS) is 1. The number of carbonyl (C=O) groups excluding carboxylic acids is 1. The van der Waals surface area contributed by atoms with Crippen LogP contribution in [-0.4, -0.2) is 44.4 Å². The van der Waals surface area contributed by atoms with Crippen molar-refractivity contribution in [2.45, 2.75) is 31.7 Å². The summed E-state index contributed by atoms with van der Waals surface area (Å²) in [4.78, 5) is 37.0. The van der Waals surface area contributed by atoms with Crippen LogP contribution in [0, 0.1) is 10.1 Å². The third-order valence-corrected chi connectivity index (χ3v) is 3.44. The Hall–Kier alpha value is -2.38. The number of nitrogens with zero attached hydrogens (tertiary/aromatic N) is 2. The predicted octanol–water partition coefficient (Wildman–Crippen LogP) is 1.39. The highest BCUT2D eigenvalue weighted by molar-refractivity contribution is 5.95. The lowest BCUT2D eigenvalue weighted by Crippen LogP contribution is -2.42. The van der Waals surface area contributed by atoms with Gasteiger partial charge in [-0.2, -0.15) is 0 Å². The third kappa shape index (κ3) is 2.95. The molecule has 8 nitrogen and oxygen atoms in total.